The maximum Gasteiger partial charge on any atom is 0.443 e. The van der Waals surface area contributed by atoms with Crippen molar-refractivity contribution in [2.75, 3.05) is 0 Å². The molecule has 2 aromatic heterocycles. The van der Waals surface area contributed by atoms with E-state index in [-0.39, 0.29) is 10.6 Å². The van der Waals surface area contributed by atoms with Gasteiger partial charge in [0.25, 0.3) is 5.91 Å². The maximum absolute atomic E-state index is 12.5. The van der Waals surface area contributed by atoms with E-state index in [0.717, 1.165) is 16.7 Å². The molecule has 2 N–H and O–H groups in total. The Labute approximate surface area is 136 Å². The van der Waals surface area contributed by atoms with E-state index in [2.05, 4.69) is 15.3 Å². The molecule has 6 nitrogen and oxygen atoms in total. The van der Waals surface area contributed by atoms with Gasteiger partial charge in [-0.25, -0.2) is 14.8 Å². The lowest BCUT2D eigenvalue weighted by Gasteiger charge is -2.09. The number of carbonyl (C=O) groups is 2. The van der Waals surface area contributed by atoms with Crippen molar-refractivity contribution in [3.8, 4) is 0 Å². The minimum atomic E-state index is -4.60. The Morgan fingerprint density at radius 1 is 1.35 bits per heavy atom. The number of aromatic nitrogens is 2. The van der Waals surface area contributed by atoms with Crippen LogP contribution in [0, 0.1) is 6.92 Å². The van der Waals surface area contributed by atoms with Crippen molar-refractivity contribution in [3.63, 3.8) is 0 Å². The highest BCUT2D eigenvalue weighted by molar-refractivity contribution is 7.13. The molecule has 2 aromatic rings. The van der Waals surface area contributed by atoms with Crippen LogP contribution in [0.4, 0.5) is 13.2 Å². The summed E-state index contributed by atoms with van der Waals surface area (Å²) in [6.07, 6.45) is -4.60. The van der Waals surface area contributed by atoms with Crippen LogP contribution in [0.15, 0.2) is 5.38 Å². The Kier molecular flexibility index (Phi) is 4.71. The number of carbonyl (C=O) groups excluding carboxylic acids is 1. The highest BCUT2D eigenvalue weighted by Crippen LogP contribution is 2.31. The first kappa shape index (κ1) is 17.3. The van der Waals surface area contributed by atoms with Gasteiger partial charge in [0.2, 0.25) is 0 Å². The number of rotatable bonds is 4. The largest absolute Gasteiger partial charge is 0.477 e. The smallest absolute Gasteiger partial charge is 0.443 e. The first-order valence-electron chi connectivity index (χ1n) is 6.13. The maximum atomic E-state index is 12.5. The minimum absolute atomic E-state index is 0.0501. The lowest BCUT2D eigenvalue weighted by atomic mass is 10.3. The molecular weight excluding hydrogens is 355 g/mol. The molecule has 23 heavy (non-hydrogen) atoms. The van der Waals surface area contributed by atoms with Crippen LogP contribution in [-0.2, 0) is 6.18 Å². The molecule has 0 bridgehead atoms. The molecule has 0 radical (unpaired) electrons. The van der Waals surface area contributed by atoms with Crippen LogP contribution in [0.2, 0.25) is 0 Å². The number of thiazole rings is 2. The Morgan fingerprint density at radius 2 is 2.00 bits per heavy atom. The van der Waals surface area contributed by atoms with Crippen molar-refractivity contribution in [3.05, 3.63) is 31.7 Å². The topological polar surface area (TPSA) is 92.2 Å². The quantitative estimate of drug-likeness (QED) is 0.869. The van der Waals surface area contributed by atoms with Crippen molar-refractivity contribution >= 4 is 34.6 Å². The number of nitrogens with zero attached hydrogens (tertiary/aromatic N) is 2. The second-order valence-corrected chi connectivity index (χ2v) is 6.39. The number of hydrogen-bond donors (Lipinski definition) is 2. The predicted molar refractivity (Wildman–Crippen MR) is 76.8 cm³/mol. The van der Waals surface area contributed by atoms with Gasteiger partial charge in [0.05, 0.1) is 11.7 Å². The van der Waals surface area contributed by atoms with Crippen molar-refractivity contribution in [1.82, 2.24) is 15.3 Å². The zero-order chi connectivity index (χ0) is 17.4. The van der Waals surface area contributed by atoms with Gasteiger partial charge in [-0.2, -0.15) is 13.2 Å². The number of carboxylic acids is 1. The van der Waals surface area contributed by atoms with Gasteiger partial charge in [-0.05, 0) is 13.8 Å². The number of alkyl halides is 3. The molecule has 1 unspecified atom stereocenters. The Balaban J connectivity index is 2.12. The summed E-state index contributed by atoms with van der Waals surface area (Å²) in [5.41, 5.74) is -0.0347. The molecule has 0 aromatic carbocycles. The summed E-state index contributed by atoms with van der Waals surface area (Å²) in [5.74, 6) is -1.91. The van der Waals surface area contributed by atoms with E-state index < -0.39 is 29.1 Å². The van der Waals surface area contributed by atoms with Crippen LogP contribution >= 0.6 is 22.7 Å². The first-order chi connectivity index (χ1) is 10.6. The molecule has 124 valence electrons. The third kappa shape index (κ3) is 3.85. The van der Waals surface area contributed by atoms with Gasteiger partial charge in [-0.15, -0.1) is 22.7 Å². The van der Waals surface area contributed by atoms with E-state index in [1.807, 2.05) is 0 Å². The van der Waals surface area contributed by atoms with Gasteiger partial charge in [0, 0.05) is 5.38 Å². The van der Waals surface area contributed by atoms with E-state index >= 15 is 0 Å². The van der Waals surface area contributed by atoms with Gasteiger partial charge in [0.15, 0.2) is 5.01 Å². The summed E-state index contributed by atoms with van der Waals surface area (Å²) in [6.45, 7) is 3.08. The second-order valence-electron chi connectivity index (χ2n) is 4.50. The van der Waals surface area contributed by atoms with E-state index in [1.165, 1.54) is 6.92 Å². The molecule has 1 amide bonds. The number of carboxylic acid groups (broad SMARTS) is 1. The molecule has 1 atom stereocenters. The molecule has 2 heterocycles. The fourth-order valence-electron chi connectivity index (χ4n) is 1.64. The molecule has 0 saturated heterocycles. The van der Waals surface area contributed by atoms with E-state index in [1.54, 1.807) is 6.92 Å². The predicted octanol–water partition coefficient (Wildman–Crippen LogP) is 3.12. The molecular formula is C12H10F3N3O3S2. The highest BCUT2D eigenvalue weighted by Gasteiger charge is 2.35. The second kappa shape index (κ2) is 6.24. The Hall–Kier alpha value is -2.01. The van der Waals surface area contributed by atoms with Gasteiger partial charge < -0.3 is 10.4 Å². The first-order valence-corrected chi connectivity index (χ1v) is 7.83. The standard InChI is InChI=1S/C12H10F3N3O3S2/c1-4-7(10(20)21)23-9(17-4)5(2)16-8(19)6-3-22-11(18-6)12(13,14)15/h3,5H,1-2H3,(H,16,19)(H,20,21). The van der Waals surface area contributed by atoms with Gasteiger partial charge in [-0.3, -0.25) is 4.79 Å². The van der Waals surface area contributed by atoms with Crippen LogP contribution in [0.1, 0.15) is 48.8 Å². The average molecular weight is 365 g/mol. The number of amides is 1. The summed E-state index contributed by atoms with van der Waals surface area (Å²) in [5, 5.41) is 11.7. The van der Waals surface area contributed by atoms with Crippen LogP contribution in [0.25, 0.3) is 0 Å². The summed E-state index contributed by atoms with van der Waals surface area (Å²) in [7, 11) is 0. The van der Waals surface area contributed by atoms with Crippen molar-refractivity contribution in [1.29, 1.82) is 0 Å². The Morgan fingerprint density at radius 3 is 2.48 bits per heavy atom. The molecule has 0 spiro atoms. The fraction of sp³-hybridized carbons (Fsp3) is 0.333. The number of nitrogens with one attached hydrogen (secondary N) is 1. The number of aromatic carboxylic acids is 1. The molecule has 11 heteroatoms. The van der Waals surface area contributed by atoms with Gasteiger partial charge in [-0.1, -0.05) is 0 Å². The van der Waals surface area contributed by atoms with E-state index in [4.69, 9.17) is 5.11 Å². The van der Waals surface area contributed by atoms with Crippen LogP contribution in [-0.4, -0.2) is 27.0 Å². The lowest BCUT2D eigenvalue weighted by Crippen LogP contribution is -2.27. The monoisotopic (exact) mass is 365 g/mol. The van der Waals surface area contributed by atoms with E-state index in [9.17, 15) is 22.8 Å². The van der Waals surface area contributed by atoms with Crippen molar-refractivity contribution < 1.29 is 27.9 Å². The molecule has 0 aliphatic heterocycles. The highest BCUT2D eigenvalue weighted by atomic mass is 32.1. The van der Waals surface area contributed by atoms with Crippen LogP contribution < -0.4 is 5.32 Å². The zero-order valence-electron chi connectivity index (χ0n) is 11.8. The average Bonchev–Trinajstić information content (AvgIpc) is 3.04. The summed E-state index contributed by atoms with van der Waals surface area (Å²) in [6, 6.07) is -0.657. The molecule has 0 aliphatic rings. The SMILES string of the molecule is Cc1nc(C(C)NC(=O)c2csc(C(F)(F)F)n2)sc1C(=O)O. The molecule has 0 fully saturated rings. The van der Waals surface area contributed by atoms with E-state index in [0.29, 0.717) is 22.0 Å². The van der Waals surface area contributed by atoms with Gasteiger partial charge >= 0.3 is 12.1 Å². The number of halogens is 3. The lowest BCUT2D eigenvalue weighted by molar-refractivity contribution is -0.137. The number of hydrogen-bond acceptors (Lipinski definition) is 6. The minimum Gasteiger partial charge on any atom is -0.477 e. The molecule has 2 rings (SSSR count). The van der Waals surface area contributed by atoms with Crippen molar-refractivity contribution in [2.24, 2.45) is 0 Å². The zero-order valence-corrected chi connectivity index (χ0v) is 13.4. The Bertz CT molecular complexity index is 754. The van der Waals surface area contributed by atoms with Crippen molar-refractivity contribution in [2.45, 2.75) is 26.1 Å². The third-order valence-corrected chi connectivity index (χ3v) is 4.92. The molecule has 0 aliphatic carbocycles. The van der Waals surface area contributed by atoms with Crippen LogP contribution in [0.5, 0.6) is 0 Å². The third-order valence-electron chi connectivity index (χ3n) is 2.70. The summed E-state index contributed by atoms with van der Waals surface area (Å²) < 4.78 is 37.4. The number of aryl methyl sites for hydroxylation is 1. The summed E-state index contributed by atoms with van der Waals surface area (Å²) >= 11 is 1.23. The normalized spacial score (nSPS) is 12.9. The van der Waals surface area contributed by atoms with Gasteiger partial charge in [0.1, 0.15) is 15.6 Å². The summed E-state index contributed by atoms with van der Waals surface area (Å²) in [4.78, 5) is 30.2. The molecule has 0 saturated carbocycles. The fourth-order valence-corrected chi connectivity index (χ4v) is 3.22. The van der Waals surface area contributed by atoms with Crippen LogP contribution in [0.3, 0.4) is 0 Å².